The van der Waals surface area contributed by atoms with Gasteiger partial charge in [-0.2, -0.15) is 0 Å². The van der Waals surface area contributed by atoms with Crippen LogP contribution in [0.3, 0.4) is 0 Å². The fraction of sp³-hybridized carbons (Fsp3) is 0.941. The van der Waals surface area contributed by atoms with Gasteiger partial charge in [-0.1, -0.05) is 71.1 Å². The van der Waals surface area contributed by atoms with E-state index in [1.807, 2.05) is 0 Å². The van der Waals surface area contributed by atoms with E-state index in [9.17, 15) is 9.36 Å². The molecular weight excluding hydrogens is 311 g/mol. The van der Waals surface area contributed by atoms with Crippen LogP contribution in [-0.2, 0) is 13.9 Å². The Bertz CT molecular complexity index is 338. The topological polar surface area (TPSA) is 81.4 Å². The van der Waals surface area contributed by atoms with Crippen molar-refractivity contribution in [3.63, 3.8) is 0 Å². The van der Waals surface area contributed by atoms with Crippen LogP contribution in [0.5, 0.6) is 0 Å². The molecule has 0 saturated heterocycles. The molecule has 0 aliphatic heterocycles. The molecule has 0 fully saturated rings. The number of carbonyl (C=O) groups excluding carboxylic acids is 1. The van der Waals surface area contributed by atoms with Crippen LogP contribution in [0.25, 0.3) is 0 Å². The van der Waals surface area contributed by atoms with Crippen LogP contribution in [0.4, 0.5) is 0 Å². The van der Waals surface area contributed by atoms with Crippen molar-refractivity contribution in [1.29, 1.82) is 0 Å². The number of nitrogens with one attached hydrogen (secondary N) is 1. The molecule has 23 heavy (non-hydrogen) atoms. The number of rotatable bonds is 17. The lowest BCUT2D eigenvalue weighted by atomic mass is 10.1. The Morgan fingerprint density at radius 3 is 1.83 bits per heavy atom. The molecule has 0 spiro atoms. The molecule has 0 heterocycles. The molecule has 0 aromatic carbocycles. The fourth-order valence-electron chi connectivity index (χ4n) is 2.58. The van der Waals surface area contributed by atoms with Crippen molar-refractivity contribution in [2.24, 2.45) is 5.73 Å². The zero-order chi connectivity index (χ0) is 17.4. The highest BCUT2D eigenvalue weighted by atomic mass is 31.2. The van der Waals surface area contributed by atoms with E-state index in [4.69, 9.17) is 10.3 Å². The largest absolute Gasteiger partial charge is 0.369 e. The van der Waals surface area contributed by atoms with E-state index < -0.39 is 13.4 Å². The van der Waals surface area contributed by atoms with Crippen LogP contribution < -0.4 is 10.8 Å². The van der Waals surface area contributed by atoms with Gasteiger partial charge in [0.15, 0.2) is 0 Å². The summed E-state index contributed by atoms with van der Waals surface area (Å²) in [5.74, 6) is -0.510. The number of nitrogens with two attached hydrogens (primary N) is 1. The molecule has 0 bridgehead atoms. The third kappa shape index (κ3) is 14.9. The molecule has 0 rings (SSSR count). The average Bonchev–Trinajstić information content (AvgIpc) is 2.51. The second kappa shape index (κ2) is 15.2. The summed E-state index contributed by atoms with van der Waals surface area (Å²) in [5, 5.41) is 2.69. The van der Waals surface area contributed by atoms with Gasteiger partial charge in [-0.15, -0.1) is 0 Å². The van der Waals surface area contributed by atoms with Crippen LogP contribution in [0.1, 0.15) is 84.5 Å². The van der Waals surface area contributed by atoms with E-state index in [1.165, 1.54) is 57.8 Å². The van der Waals surface area contributed by atoms with E-state index in [-0.39, 0.29) is 6.54 Å². The quantitative estimate of drug-likeness (QED) is 0.297. The number of primary amides is 1. The molecule has 138 valence electrons. The molecular formula is C17H37N2O3P. The lowest BCUT2D eigenvalue weighted by molar-refractivity contribution is -0.116. The summed E-state index contributed by atoms with van der Waals surface area (Å²) in [5.41, 5.74) is 5.08. The van der Waals surface area contributed by atoms with Crippen LogP contribution in [0.2, 0.25) is 0 Å². The van der Waals surface area contributed by atoms with Crippen molar-refractivity contribution < 1.29 is 13.9 Å². The van der Waals surface area contributed by atoms with Gasteiger partial charge in [-0.3, -0.25) is 9.36 Å². The van der Waals surface area contributed by atoms with Crippen LogP contribution in [-0.4, -0.2) is 25.2 Å². The highest BCUT2D eigenvalue weighted by molar-refractivity contribution is 7.56. The number of hydrogen-bond donors (Lipinski definition) is 2. The van der Waals surface area contributed by atoms with E-state index >= 15 is 0 Å². The van der Waals surface area contributed by atoms with Crippen molar-refractivity contribution in [1.82, 2.24) is 5.09 Å². The van der Waals surface area contributed by atoms with Gasteiger partial charge >= 0.3 is 0 Å². The van der Waals surface area contributed by atoms with Crippen molar-refractivity contribution in [2.45, 2.75) is 84.5 Å². The Hall–Kier alpha value is -0.380. The molecule has 1 amide bonds. The Morgan fingerprint density at radius 2 is 1.39 bits per heavy atom. The lowest BCUT2D eigenvalue weighted by Gasteiger charge is -2.18. The minimum atomic E-state index is -2.90. The molecule has 1 unspecified atom stereocenters. The zero-order valence-electron chi connectivity index (χ0n) is 15.1. The van der Waals surface area contributed by atoms with Crippen LogP contribution in [0.15, 0.2) is 0 Å². The second-order valence-corrected chi connectivity index (χ2v) is 8.52. The van der Waals surface area contributed by atoms with Gasteiger partial charge in [0.1, 0.15) is 0 Å². The van der Waals surface area contributed by atoms with Gasteiger partial charge in [-0.05, 0) is 13.3 Å². The van der Waals surface area contributed by atoms with Gasteiger partial charge in [0.05, 0.1) is 13.2 Å². The number of unbranched alkanes of at least 4 members (excludes halogenated alkanes) is 10. The van der Waals surface area contributed by atoms with Gasteiger partial charge < -0.3 is 10.3 Å². The summed E-state index contributed by atoms with van der Waals surface area (Å²) in [6.45, 7) is 4.34. The molecule has 5 nitrogen and oxygen atoms in total. The third-order valence-electron chi connectivity index (χ3n) is 3.89. The molecule has 0 saturated carbocycles. The van der Waals surface area contributed by atoms with Gasteiger partial charge in [0, 0.05) is 6.16 Å². The molecule has 0 aromatic rings. The summed E-state index contributed by atoms with van der Waals surface area (Å²) < 4.78 is 17.7. The van der Waals surface area contributed by atoms with Gasteiger partial charge in [0.2, 0.25) is 5.91 Å². The summed E-state index contributed by atoms with van der Waals surface area (Å²) in [7, 11) is -2.90. The highest BCUT2D eigenvalue weighted by Crippen LogP contribution is 2.42. The summed E-state index contributed by atoms with van der Waals surface area (Å²) in [4.78, 5) is 10.8. The number of amides is 1. The van der Waals surface area contributed by atoms with E-state index in [2.05, 4.69) is 12.0 Å². The van der Waals surface area contributed by atoms with Crippen LogP contribution >= 0.6 is 7.52 Å². The standard InChI is InChI=1S/C17H37N2O3P/c1-3-5-6-7-8-9-10-11-12-13-14-15-23(21,22-4-2)19-16-17(18)20/h3-16H2,1-2H3,(H2,18,20)(H,19,21). The number of carbonyl (C=O) groups is 1. The maximum Gasteiger partial charge on any atom is 0.270 e. The lowest BCUT2D eigenvalue weighted by Crippen LogP contribution is -2.28. The third-order valence-corrected chi connectivity index (χ3v) is 6.11. The normalized spacial score (nSPS) is 13.8. The minimum absolute atomic E-state index is 0.0880. The highest BCUT2D eigenvalue weighted by Gasteiger charge is 2.21. The zero-order valence-corrected chi connectivity index (χ0v) is 16.0. The van der Waals surface area contributed by atoms with Crippen molar-refractivity contribution in [3.8, 4) is 0 Å². The molecule has 0 aliphatic carbocycles. The van der Waals surface area contributed by atoms with Crippen LogP contribution in [0, 0.1) is 0 Å². The van der Waals surface area contributed by atoms with E-state index in [0.717, 1.165) is 12.8 Å². The first-order valence-electron chi connectivity index (χ1n) is 9.31. The maximum atomic E-state index is 12.4. The first kappa shape index (κ1) is 22.6. The van der Waals surface area contributed by atoms with Crippen molar-refractivity contribution in [2.75, 3.05) is 19.3 Å². The minimum Gasteiger partial charge on any atom is -0.369 e. The van der Waals surface area contributed by atoms with E-state index in [0.29, 0.717) is 12.8 Å². The molecule has 0 radical (unpaired) electrons. The monoisotopic (exact) mass is 348 g/mol. The van der Waals surface area contributed by atoms with Crippen molar-refractivity contribution >= 4 is 13.4 Å². The van der Waals surface area contributed by atoms with E-state index in [1.54, 1.807) is 6.92 Å². The average molecular weight is 348 g/mol. The second-order valence-electron chi connectivity index (χ2n) is 6.15. The molecule has 0 aromatic heterocycles. The first-order chi connectivity index (χ1) is 11.0. The summed E-state index contributed by atoms with van der Waals surface area (Å²) in [6.07, 6.45) is 14.2. The Labute approximate surface area is 142 Å². The van der Waals surface area contributed by atoms with Gasteiger partial charge in [-0.25, -0.2) is 5.09 Å². The molecule has 3 N–H and O–H groups in total. The molecule has 6 heteroatoms. The summed E-state index contributed by atoms with van der Waals surface area (Å²) in [6, 6.07) is 0. The van der Waals surface area contributed by atoms with Gasteiger partial charge in [0.25, 0.3) is 7.52 Å². The predicted molar refractivity (Wildman–Crippen MR) is 97.8 cm³/mol. The Morgan fingerprint density at radius 1 is 0.913 bits per heavy atom. The molecule has 1 atom stereocenters. The Kier molecular flexibility index (Phi) is 14.9. The number of hydrogen-bond acceptors (Lipinski definition) is 3. The molecule has 0 aliphatic rings. The predicted octanol–water partition coefficient (Wildman–Crippen LogP) is 4.60. The first-order valence-corrected chi connectivity index (χ1v) is 11.1. The Balaban J connectivity index is 3.59. The smallest absolute Gasteiger partial charge is 0.270 e. The SMILES string of the molecule is CCCCCCCCCCCCCP(=O)(NCC(N)=O)OCC. The summed E-state index contributed by atoms with van der Waals surface area (Å²) >= 11 is 0. The maximum absolute atomic E-state index is 12.4. The van der Waals surface area contributed by atoms with Crippen molar-refractivity contribution in [3.05, 3.63) is 0 Å². The fourth-order valence-corrected chi connectivity index (χ4v) is 4.41.